The molecule has 0 bridgehead atoms. The molecule has 1 saturated heterocycles. The minimum absolute atomic E-state index is 0.176. The first-order valence-electron chi connectivity index (χ1n) is 9.18. The molecule has 0 saturated carbocycles. The fourth-order valence-electron chi connectivity index (χ4n) is 3.06. The van der Waals surface area contributed by atoms with Gasteiger partial charge >= 0.3 is 0 Å². The zero-order chi connectivity index (χ0) is 21.7. The third-order valence-corrected chi connectivity index (χ3v) is 8.00. The zero-order valence-corrected chi connectivity index (χ0v) is 18.3. The molecule has 0 aliphatic carbocycles. The van der Waals surface area contributed by atoms with Crippen molar-refractivity contribution < 1.29 is 27.5 Å². The number of methoxy groups -OCH3 is 2. The number of carbonyl (C=O) groups excluding carboxylic acids is 2. The van der Waals surface area contributed by atoms with E-state index >= 15 is 0 Å². The quantitative estimate of drug-likeness (QED) is 0.671. The summed E-state index contributed by atoms with van der Waals surface area (Å²) in [5, 5.41) is 4.31. The Kier molecular flexibility index (Phi) is 6.95. The van der Waals surface area contributed by atoms with E-state index < -0.39 is 15.9 Å². The van der Waals surface area contributed by atoms with Crippen LogP contribution in [0, 0.1) is 0 Å². The molecule has 1 aromatic carbocycles. The molecule has 1 aliphatic heterocycles. The monoisotopic (exact) mass is 453 g/mol. The van der Waals surface area contributed by atoms with Gasteiger partial charge in [0.05, 0.1) is 20.8 Å². The molecule has 0 spiro atoms. The lowest BCUT2D eigenvalue weighted by Gasteiger charge is -2.33. The van der Waals surface area contributed by atoms with E-state index in [1.54, 1.807) is 34.5 Å². The molecule has 1 N–H and O–H groups in total. The number of rotatable bonds is 7. The summed E-state index contributed by atoms with van der Waals surface area (Å²) in [6.07, 6.45) is 0. The Morgan fingerprint density at radius 1 is 1.07 bits per heavy atom. The van der Waals surface area contributed by atoms with E-state index in [1.165, 1.54) is 35.9 Å². The molecule has 0 atom stereocenters. The number of hydrogen-bond donors (Lipinski definition) is 1. The van der Waals surface area contributed by atoms with Crippen molar-refractivity contribution in [3.8, 4) is 11.5 Å². The van der Waals surface area contributed by atoms with Crippen LogP contribution < -0.4 is 14.8 Å². The molecule has 1 aliphatic rings. The average molecular weight is 454 g/mol. The van der Waals surface area contributed by atoms with Crippen LogP contribution in [-0.2, 0) is 14.8 Å². The number of nitrogens with zero attached hydrogens (tertiary/aromatic N) is 2. The van der Waals surface area contributed by atoms with E-state index in [0.717, 1.165) is 0 Å². The van der Waals surface area contributed by atoms with Crippen LogP contribution in [0.25, 0.3) is 0 Å². The third-order valence-electron chi connectivity index (χ3n) is 4.73. The van der Waals surface area contributed by atoms with Crippen molar-refractivity contribution in [2.75, 3.05) is 46.9 Å². The maximum absolute atomic E-state index is 12.6. The molecule has 2 heterocycles. The maximum atomic E-state index is 12.6. The van der Waals surface area contributed by atoms with Crippen LogP contribution in [0.5, 0.6) is 11.5 Å². The molecule has 9 nitrogen and oxygen atoms in total. The molecule has 0 radical (unpaired) electrons. The standard InChI is InChI=1S/C19H23N3O6S2/c1-27-15-6-5-14(12-16(15)28-2)19(24)20-13-17(23)21-7-9-22(10-8-21)30(25,26)18-4-3-11-29-18/h3-6,11-12H,7-10,13H2,1-2H3,(H,20,24). The normalized spacial score (nSPS) is 14.9. The number of nitrogens with one attached hydrogen (secondary N) is 1. The van der Waals surface area contributed by atoms with Gasteiger partial charge in [-0.3, -0.25) is 9.59 Å². The molecule has 3 rings (SSSR count). The fourth-order valence-corrected chi connectivity index (χ4v) is 5.63. The largest absolute Gasteiger partial charge is 0.493 e. The van der Waals surface area contributed by atoms with E-state index in [2.05, 4.69) is 5.32 Å². The summed E-state index contributed by atoms with van der Waals surface area (Å²) in [6.45, 7) is 0.807. The summed E-state index contributed by atoms with van der Waals surface area (Å²) in [5.74, 6) is 0.236. The second kappa shape index (κ2) is 9.45. The molecule has 1 aromatic heterocycles. The lowest BCUT2D eigenvalue weighted by molar-refractivity contribution is -0.131. The molecule has 2 amide bonds. The number of benzene rings is 1. The van der Waals surface area contributed by atoms with Crippen molar-refractivity contribution in [2.45, 2.75) is 4.21 Å². The molecular weight excluding hydrogens is 430 g/mol. The Hall–Kier alpha value is -2.63. The van der Waals surface area contributed by atoms with Gasteiger partial charge in [-0.2, -0.15) is 4.31 Å². The van der Waals surface area contributed by atoms with E-state index in [1.807, 2.05) is 0 Å². The van der Waals surface area contributed by atoms with E-state index in [9.17, 15) is 18.0 Å². The smallest absolute Gasteiger partial charge is 0.252 e. The SMILES string of the molecule is COc1ccc(C(=O)NCC(=O)N2CCN(S(=O)(=O)c3cccs3)CC2)cc1OC. The first kappa shape index (κ1) is 22.1. The Balaban J connectivity index is 1.52. The van der Waals surface area contributed by atoms with E-state index in [-0.39, 0.29) is 38.6 Å². The van der Waals surface area contributed by atoms with Crippen LogP contribution in [0.4, 0.5) is 0 Å². The van der Waals surface area contributed by atoms with Crippen molar-refractivity contribution >= 4 is 33.2 Å². The van der Waals surface area contributed by atoms with Gasteiger partial charge in [0, 0.05) is 31.7 Å². The van der Waals surface area contributed by atoms with Crippen molar-refractivity contribution in [2.24, 2.45) is 0 Å². The van der Waals surface area contributed by atoms with Crippen LogP contribution in [-0.4, -0.2) is 76.4 Å². The first-order valence-corrected chi connectivity index (χ1v) is 11.5. The van der Waals surface area contributed by atoms with Crippen LogP contribution >= 0.6 is 11.3 Å². The number of sulfonamides is 1. The Morgan fingerprint density at radius 2 is 1.77 bits per heavy atom. The van der Waals surface area contributed by atoms with Gasteiger partial charge in [0.2, 0.25) is 5.91 Å². The number of ether oxygens (including phenoxy) is 2. The van der Waals surface area contributed by atoms with Crippen molar-refractivity contribution in [3.05, 3.63) is 41.3 Å². The Morgan fingerprint density at radius 3 is 2.37 bits per heavy atom. The molecule has 0 unspecified atom stereocenters. The highest BCUT2D eigenvalue weighted by atomic mass is 32.2. The van der Waals surface area contributed by atoms with Crippen LogP contribution in [0.2, 0.25) is 0 Å². The predicted molar refractivity (Wildman–Crippen MR) is 112 cm³/mol. The third kappa shape index (κ3) is 4.74. The summed E-state index contributed by atoms with van der Waals surface area (Å²) < 4.78 is 37.1. The van der Waals surface area contributed by atoms with Gasteiger partial charge in [-0.15, -0.1) is 11.3 Å². The first-order chi connectivity index (χ1) is 14.4. The maximum Gasteiger partial charge on any atom is 0.252 e. The molecule has 162 valence electrons. The molecule has 30 heavy (non-hydrogen) atoms. The van der Waals surface area contributed by atoms with Crippen LogP contribution in [0.15, 0.2) is 39.9 Å². The Bertz CT molecular complexity index is 999. The summed E-state index contributed by atoms with van der Waals surface area (Å²) in [6, 6.07) is 7.99. The fraction of sp³-hybridized carbons (Fsp3) is 0.368. The van der Waals surface area contributed by atoms with Crippen LogP contribution in [0.1, 0.15) is 10.4 Å². The molecule has 2 aromatic rings. The van der Waals surface area contributed by atoms with Crippen molar-refractivity contribution in [3.63, 3.8) is 0 Å². The number of amides is 2. The average Bonchev–Trinajstić information content (AvgIpc) is 3.32. The minimum atomic E-state index is -3.52. The van der Waals surface area contributed by atoms with Gasteiger partial charge in [-0.05, 0) is 29.6 Å². The van der Waals surface area contributed by atoms with Gasteiger partial charge in [0.1, 0.15) is 4.21 Å². The van der Waals surface area contributed by atoms with Gasteiger partial charge in [-0.1, -0.05) is 6.07 Å². The van der Waals surface area contributed by atoms with E-state index in [0.29, 0.717) is 21.3 Å². The van der Waals surface area contributed by atoms with Crippen LogP contribution in [0.3, 0.4) is 0 Å². The summed E-state index contributed by atoms with van der Waals surface area (Å²) >= 11 is 1.17. The number of piperazine rings is 1. The van der Waals surface area contributed by atoms with Gasteiger partial charge < -0.3 is 19.7 Å². The van der Waals surface area contributed by atoms with E-state index in [4.69, 9.17) is 9.47 Å². The molecular formula is C19H23N3O6S2. The summed E-state index contributed by atoms with van der Waals surface area (Å²) in [4.78, 5) is 26.3. The van der Waals surface area contributed by atoms with Gasteiger partial charge in [0.15, 0.2) is 11.5 Å². The lowest BCUT2D eigenvalue weighted by Crippen LogP contribution is -2.52. The Labute approximate surface area is 179 Å². The molecule has 1 fully saturated rings. The zero-order valence-electron chi connectivity index (χ0n) is 16.7. The summed E-state index contributed by atoms with van der Waals surface area (Å²) in [7, 11) is -0.545. The van der Waals surface area contributed by atoms with Crippen molar-refractivity contribution in [1.29, 1.82) is 0 Å². The highest BCUT2D eigenvalue weighted by Gasteiger charge is 2.30. The topological polar surface area (TPSA) is 105 Å². The second-order valence-electron chi connectivity index (χ2n) is 6.47. The number of thiophene rings is 1. The highest BCUT2D eigenvalue weighted by Crippen LogP contribution is 2.27. The van der Waals surface area contributed by atoms with Gasteiger partial charge in [0.25, 0.3) is 15.9 Å². The molecule has 11 heteroatoms. The number of hydrogen-bond acceptors (Lipinski definition) is 7. The second-order valence-corrected chi connectivity index (χ2v) is 9.58. The minimum Gasteiger partial charge on any atom is -0.493 e. The number of carbonyl (C=O) groups is 2. The van der Waals surface area contributed by atoms with Gasteiger partial charge in [-0.25, -0.2) is 8.42 Å². The lowest BCUT2D eigenvalue weighted by atomic mass is 10.2. The highest BCUT2D eigenvalue weighted by molar-refractivity contribution is 7.91. The predicted octanol–water partition coefficient (Wildman–Crippen LogP) is 1.03. The van der Waals surface area contributed by atoms with Crippen molar-refractivity contribution in [1.82, 2.24) is 14.5 Å². The summed E-state index contributed by atoms with van der Waals surface area (Å²) in [5.41, 5.74) is 0.340.